The van der Waals surface area contributed by atoms with Gasteiger partial charge in [0.15, 0.2) is 0 Å². The highest BCUT2D eigenvalue weighted by Gasteiger charge is 2.35. The molecule has 0 fully saturated rings. The topological polar surface area (TPSA) is 65.5 Å². The molecule has 0 aliphatic heterocycles. The van der Waals surface area contributed by atoms with Crippen LogP contribution in [-0.2, 0) is 0 Å². The van der Waals surface area contributed by atoms with Crippen molar-refractivity contribution in [3.8, 4) is 51.3 Å². The van der Waals surface area contributed by atoms with E-state index in [1.807, 2.05) is 30.3 Å². The minimum Gasteiger partial charge on any atom is -0.406 e. The molecule has 5 nitrogen and oxygen atoms in total. The summed E-state index contributed by atoms with van der Waals surface area (Å²) < 4.78 is 57.0. The number of ether oxygens (including phenoxy) is 1. The van der Waals surface area contributed by atoms with E-state index in [0.717, 1.165) is 17.2 Å². The van der Waals surface area contributed by atoms with Gasteiger partial charge in [-0.15, -0.1) is 13.2 Å². The van der Waals surface area contributed by atoms with Crippen molar-refractivity contribution in [2.75, 3.05) is 0 Å². The average Bonchev–Trinajstić information content (AvgIpc) is 3.45. The molecule has 43 heavy (non-hydrogen) atoms. The van der Waals surface area contributed by atoms with Crippen LogP contribution in [0, 0.1) is 48.5 Å². The molecular formula is C34H14F4N4O. The average molecular weight is 571 g/mol. The smallest absolute Gasteiger partial charge is 0.406 e. The van der Waals surface area contributed by atoms with Crippen LogP contribution in [0.4, 0.5) is 17.6 Å². The summed E-state index contributed by atoms with van der Waals surface area (Å²) in [6, 6.07) is 21.3. The van der Waals surface area contributed by atoms with Crippen molar-refractivity contribution >= 4 is 11.1 Å². The van der Waals surface area contributed by atoms with Crippen LogP contribution in [0.3, 0.4) is 0 Å². The van der Waals surface area contributed by atoms with Crippen molar-refractivity contribution in [2.24, 2.45) is 0 Å². The summed E-state index contributed by atoms with van der Waals surface area (Å²) in [5, 5.41) is 19.7. The molecule has 0 unspecified atom stereocenters. The molecule has 6 rings (SSSR count). The first-order valence-electron chi connectivity index (χ1n) is 12.6. The van der Waals surface area contributed by atoms with Gasteiger partial charge in [-0.2, -0.15) is 0 Å². The lowest BCUT2D eigenvalue weighted by atomic mass is 9.94. The zero-order chi connectivity index (χ0) is 30.6. The van der Waals surface area contributed by atoms with Crippen molar-refractivity contribution < 1.29 is 22.3 Å². The lowest BCUT2D eigenvalue weighted by molar-refractivity contribution is -0.274. The maximum atomic E-state index is 14.0. The van der Waals surface area contributed by atoms with Gasteiger partial charge in [-0.05, 0) is 111 Å². The van der Waals surface area contributed by atoms with Crippen molar-refractivity contribution in [3.05, 3.63) is 135 Å². The summed E-state index contributed by atoms with van der Waals surface area (Å²) in [4.78, 5) is 6.80. The standard InChI is InChI=1S/C34H14F4N4O/c1-17-10-18(5-9-29(17)35)19-4-7-21-23-13-24-22-8-6-20(43-34(36,37)38)12-26(22)33(31(16-40)42-3)28(24)14-27(23)32(25(21)11-19)30(15-39)41-2/h4-14H,1H3/b32-30+,33-31-. The molecule has 0 N–H and O–H groups in total. The van der Waals surface area contributed by atoms with Crippen LogP contribution < -0.4 is 4.74 Å². The van der Waals surface area contributed by atoms with E-state index in [2.05, 4.69) is 14.4 Å². The number of alkyl halides is 3. The lowest BCUT2D eigenvalue weighted by Gasteiger charge is -2.11. The fourth-order valence-corrected chi connectivity index (χ4v) is 5.69. The predicted molar refractivity (Wildman–Crippen MR) is 151 cm³/mol. The zero-order valence-corrected chi connectivity index (χ0v) is 22.1. The second-order valence-corrected chi connectivity index (χ2v) is 9.82. The molecule has 2 aliphatic carbocycles. The van der Waals surface area contributed by atoms with Gasteiger partial charge in [0, 0.05) is 11.1 Å². The Hall–Kier alpha value is -6.16. The van der Waals surface area contributed by atoms with Crippen molar-refractivity contribution in [1.29, 1.82) is 10.5 Å². The third-order valence-corrected chi connectivity index (χ3v) is 7.46. The summed E-state index contributed by atoms with van der Waals surface area (Å²) in [6.45, 7) is 16.9. The molecule has 2 aliphatic rings. The summed E-state index contributed by atoms with van der Waals surface area (Å²) in [5.41, 5.74) is 6.14. The Kier molecular flexibility index (Phi) is 6.12. The Bertz CT molecular complexity index is 2130. The molecule has 0 bridgehead atoms. The first-order valence-corrected chi connectivity index (χ1v) is 12.6. The number of rotatable bonds is 2. The zero-order valence-electron chi connectivity index (χ0n) is 22.1. The van der Waals surface area contributed by atoms with Gasteiger partial charge in [0.25, 0.3) is 11.4 Å². The highest BCUT2D eigenvalue weighted by molar-refractivity contribution is 6.11. The van der Waals surface area contributed by atoms with E-state index in [-0.39, 0.29) is 28.3 Å². The highest BCUT2D eigenvalue weighted by Crippen LogP contribution is 2.54. The van der Waals surface area contributed by atoms with Crippen molar-refractivity contribution in [2.45, 2.75) is 13.3 Å². The predicted octanol–water partition coefficient (Wildman–Crippen LogP) is 9.07. The number of hydrogen-bond donors (Lipinski definition) is 0. The molecule has 0 atom stereocenters. The molecule has 0 saturated carbocycles. The van der Waals surface area contributed by atoms with Crippen molar-refractivity contribution in [3.63, 3.8) is 0 Å². The minimum absolute atomic E-state index is 0.136. The van der Waals surface area contributed by atoms with E-state index in [9.17, 15) is 28.1 Å². The Morgan fingerprint density at radius 3 is 1.70 bits per heavy atom. The molecule has 0 saturated heterocycles. The molecule has 4 aromatic carbocycles. The molecule has 4 aromatic rings. The maximum absolute atomic E-state index is 14.0. The normalized spacial score (nSPS) is 14.6. The van der Waals surface area contributed by atoms with Gasteiger partial charge in [-0.1, -0.05) is 24.3 Å². The fourth-order valence-electron chi connectivity index (χ4n) is 5.69. The van der Waals surface area contributed by atoms with Crippen LogP contribution in [0.1, 0.15) is 27.8 Å². The quantitative estimate of drug-likeness (QED) is 0.119. The highest BCUT2D eigenvalue weighted by atomic mass is 19.4. The second kappa shape index (κ2) is 9.74. The largest absolute Gasteiger partial charge is 0.573 e. The number of allylic oxidation sites excluding steroid dienone is 2. The van der Waals surface area contributed by atoms with Crippen LogP contribution in [0.5, 0.6) is 5.75 Å². The van der Waals surface area contributed by atoms with E-state index in [0.29, 0.717) is 50.1 Å². The van der Waals surface area contributed by atoms with E-state index < -0.39 is 12.1 Å². The molecule has 0 amide bonds. The van der Waals surface area contributed by atoms with E-state index in [1.165, 1.54) is 18.2 Å². The fraction of sp³-hybridized carbons (Fsp3) is 0.0588. The number of fused-ring (bicyclic) bond motifs is 6. The van der Waals surface area contributed by atoms with Crippen LogP contribution in [0.2, 0.25) is 0 Å². The van der Waals surface area contributed by atoms with Gasteiger partial charge >= 0.3 is 6.36 Å². The summed E-state index contributed by atoms with van der Waals surface area (Å²) in [6.07, 6.45) is -4.94. The lowest BCUT2D eigenvalue weighted by Crippen LogP contribution is -2.17. The Morgan fingerprint density at radius 2 is 1.16 bits per heavy atom. The van der Waals surface area contributed by atoms with E-state index in [4.69, 9.17) is 13.1 Å². The number of benzene rings is 4. The molecule has 0 heterocycles. The number of hydrogen-bond acceptors (Lipinski definition) is 3. The molecule has 0 spiro atoms. The van der Waals surface area contributed by atoms with Crippen molar-refractivity contribution in [1.82, 2.24) is 0 Å². The van der Waals surface area contributed by atoms with Gasteiger partial charge in [0.2, 0.25) is 0 Å². The molecule has 0 aromatic heterocycles. The van der Waals surface area contributed by atoms with Crippen LogP contribution in [-0.4, -0.2) is 6.36 Å². The summed E-state index contributed by atoms with van der Waals surface area (Å²) >= 11 is 0. The first-order chi connectivity index (χ1) is 20.6. The number of aryl methyl sites for hydroxylation is 1. The minimum atomic E-state index is -4.94. The Labute approximate surface area is 243 Å². The third kappa shape index (κ3) is 4.29. The monoisotopic (exact) mass is 570 g/mol. The SMILES string of the molecule is [C-]#[N+]/C(C#N)=C1/c2cc(OC(F)(F)F)ccc2-c2cc3c(cc21)/C(=C(\C#N)[N+]#[C-])c1cc(-c2ccc(F)c(C)c2)ccc1-3. The first kappa shape index (κ1) is 27.0. The van der Waals surface area contributed by atoms with Gasteiger partial charge < -0.3 is 4.74 Å². The summed E-state index contributed by atoms with van der Waals surface area (Å²) in [7, 11) is 0. The van der Waals surface area contributed by atoms with Crippen LogP contribution >= 0.6 is 0 Å². The van der Waals surface area contributed by atoms with Gasteiger partial charge in [0.05, 0.1) is 25.3 Å². The van der Waals surface area contributed by atoms with E-state index >= 15 is 0 Å². The Balaban J connectivity index is 1.63. The van der Waals surface area contributed by atoms with E-state index in [1.54, 1.807) is 31.2 Å². The summed E-state index contributed by atoms with van der Waals surface area (Å²) in [5.74, 6) is -0.842. The second-order valence-electron chi connectivity index (χ2n) is 9.82. The number of nitriles is 2. The molecule has 204 valence electrons. The number of halogens is 4. The molecular weight excluding hydrogens is 556 g/mol. The molecule has 9 heteroatoms. The van der Waals surface area contributed by atoms with Crippen LogP contribution in [0.15, 0.2) is 78.1 Å². The number of nitrogens with zero attached hydrogens (tertiary/aromatic N) is 4. The Morgan fingerprint density at radius 1 is 0.674 bits per heavy atom. The molecule has 0 radical (unpaired) electrons. The van der Waals surface area contributed by atoms with Gasteiger partial charge in [-0.25, -0.2) is 24.6 Å². The van der Waals surface area contributed by atoms with Gasteiger partial charge in [0.1, 0.15) is 11.6 Å². The van der Waals surface area contributed by atoms with Gasteiger partial charge in [-0.3, -0.25) is 0 Å². The third-order valence-electron chi connectivity index (χ3n) is 7.46. The van der Waals surface area contributed by atoms with Crippen LogP contribution in [0.25, 0.3) is 54.2 Å². The maximum Gasteiger partial charge on any atom is 0.573 e.